The zero-order chi connectivity index (χ0) is 12.7. The van der Waals surface area contributed by atoms with E-state index in [1.54, 1.807) is 18.2 Å². The fourth-order valence-corrected chi connectivity index (χ4v) is 1.83. The highest BCUT2D eigenvalue weighted by Crippen LogP contribution is 2.36. The Morgan fingerprint density at radius 2 is 2.17 bits per heavy atom. The van der Waals surface area contributed by atoms with Crippen LogP contribution in [0.5, 0.6) is 11.5 Å². The molecule has 1 aromatic heterocycles. The number of carboxylic acids is 1. The number of aromatic amines is 1. The first kappa shape index (κ1) is 10.5. The van der Waals surface area contributed by atoms with Gasteiger partial charge in [0, 0.05) is 5.56 Å². The summed E-state index contributed by atoms with van der Waals surface area (Å²) in [5.41, 5.74) is 6.44. The maximum absolute atomic E-state index is 11.1. The minimum atomic E-state index is -1.13. The molecule has 0 atom stereocenters. The maximum Gasteiger partial charge on any atom is 0.341 e. The summed E-state index contributed by atoms with van der Waals surface area (Å²) in [6, 6.07) is 5.11. The van der Waals surface area contributed by atoms with Gasteiger partial charge in [-0.25, -0.2) is 4.79 Å². The third kappa shape index (κ3) is 1.45. The molecule has 0 radical (unpaired) electrons. The van der Waals surface area contributed by atoms with Crippen LogP contribution in [0.4, 0.5) is 5.82 Å². The summed E-state index contributed by atoms with van der Waals surface area (Å²) in [6.07, 6.45) is 0. The Kier molecular flexibility index (Phi) is 2.12. The molecule has 2 aromatic rings. The molecule has 0 spiro atoms. The number of aromatic nitrogens is 2. The highest BCUT2D eigenvalue weighted by atomic mass is 16.7. The lowest BCUT2D eigenvalue weighted by Crippen LogP contribution is -2.01. The molecule has 7 heteroatoms. The summed E-state index contributed by atoms with van der Waals surface area (Å²) in [4.78, 5) is 11.1. The first-order chi connectivity index (χ1) is 8.66. The molecule has 0 saturated heterocycles. The minimum Gasteiger partial charge on any atom is -0.477 e. The topological polar surface area (TPSA) is 110 Å². The fraction of sp³-hybridized carbons (Fsp3) is 0.0909. The van der Waals surface area contributed by atoms with Gasteiger partial charge in [-0.05, 0) is 18.2 Å². The Morgan fingerprint density at radius 1 is 1.39 bits per heavy atom. The Bertz CT molecular complexity index is 635. The summed E-state index contributed by atoms with van der Waals surface area (Å²) >= 11 is 0. The molecule has 2 heterocycles. The summed E-state index contributed by atoms with van der Waals surface area (Å²) in [6.45, 7) is 0.162. The van der Waals surface area contributed by atoms with Crippen molar-refractivity contribution in [1.82, 2.24) is 10.2 Å². The largest absolute Gasteiger partial charge is 0.477 e. The highest BCUT2D eigenvalue weighted by molar-refractivity contribution is 5.99. The van der Waals surface area contributed by atoms with Crippen molar-refractivity contribution in [2.45, 2.75) is 0 Å². The first-order valence-corrected chi connectivity index (χ1v) is 5.14. The third-order valence-electron chi connectivity index (χ3n) is 2.67. The van der Waals surface area contributed by atoms with Crippen LogP contribution in [-0.4, -0.2) is 28.1 Å². The number of aromatic carboxylic acids is 1. The van der Waals surface area contributed by atoms with Crippen LogP contribution in [0.1, 0.15) is 10.4 Å². The van der Waals surface area contributed by atoms with Gasteiger partial charge in [0.2, 0.25) is 6.79 Å². The first-order valence-electron chi connectivity index (χ1n) is 5.14. The SMILES string of the molecule is Nc1n[nH]c(-c2ccc3c(c2)OCO3)c1C(=O)O. The molecule has 0 saturated carbocycles. The summed E-state index contributed by atoms with van der Waals surface area (Å²) in [5.74, 6) is 0.0178. The van der Waals surface area contributed by atoms with Crippen LogP contribution in [0.15, 0.2) is 18.2 Å². The molecular weight excluding hydrogens is 238 g/mol. The second kappa shape index (κ2) is 3.66. The number of nitrogens with zero attached hydrogens (tertiary/aromatic N) is 1. The number of rotatable bonds is 2. The number of benzene rings is 1. The second-order valence-corrected chi connectivity index (χ2v) is 3.73. The highest BCUT2D eigenvalue weighted by Gasteiger charge is 2.21. The molecule has 3 rings (SSSR count). The minimum absolute atomic E-state index is 0.0461. The summed E-state index contributed by atoms with van der Waals surface area (Å²) in [5, 5.41) is 15.4. The molecule has 1 aliphatic heterocycles. The quantitative estimate of drug-likeness (QED) is 0.732. The summed E-state index contributed by atoms with van der Waals surface area (Å²) in [7, 11) is 0. The fourth-order valence-electron chi connectivity index (χ4n) is 1.83. The average molecular weight is 247 g/mol. The van der Waals surface area contributed by atoms with E-state index in [-0.39, 0.29) is 18.2 Å². The standard InChI is InChI=1S/C11H9N3O4/c12-10-8(11(15)16)9(13-14-10)5-1-2-6-7(3-5)18-4-17-6/h1-3H,4H2,(H,15,16)(H3,12,13,14). The van der Waals surface area contributed by atoms with Crippen LogP contribution in [0.25, 0.3) is 11.3 Å². The van der Waals surface area contributed by atoms with Crippen molar-refractivity contribution in [2.75, 3.05) is 12.5 Å². The predicted octanol–water partition coefficient (Wildman–Crippen LogP) is 1.09. The van der Waals surface area contributed by atoms with Crippen molar-refractivity contribution in [3.8, 4) is 22.8 Å². The van der Waals surface area contributed by atoms with E-state index in [4.69, 9.17) is 20.3 Å². The van der Waals surface area contributed by atoms with E-state index >= 15 is 0 Å². The van der Waals surface area contributed by atoms with Crippen molar-refractivity contribution in [2.24, 2.45) is 0 Å². The maximum atomic E-state index is 11.1. The molecule has 0 unspecified atom stereocenters. The van der Waals surface area contributed by atoms with Gasteiger partial charge in [0.15, 0.2) is 17.3 Å². The van der Waals surface area contributed by atoms with Gasteiger partial charge in [-0.2, -0.15) is 5.10 Å². The van der Waals surface area contributed by atoms with Crippen molar-refractivity contribution < 1.29 is 19.4 Å². The zero-order valence-corrected chi connectivity index (χ0v) is 9.14. The molecule has 1 aliphatic rings. The van der Waals surface area contributed by atoms with Crippen molar-refractivity contribution in [1.29, 1.82) is 0 Å². The molecule has 0 bridgehead atoms. The van der Waals surface area contributed by atoms with E-state index in [1.807, 2.05) is 0 Å². The third-order valence-corrected chi connectivity index (χ3v) is 2.67. The van der Waals surface area contributed by atoms with E-state index in [9.17, 15) is 4.79 Å². The Hall–Kier alpha value is -2.70. The number of carboxylic acid groups (broad SMARTS) is 1. The van der Waals surface area contributed by atoms with Crippen LogP contribution in [0, 0.1) is 0 Å². The van der Waals surface area contributed by atoms with Crippen molar-refractivity contribution in [3.05, 3.63) is 23.8 Å². The lowest BCUT2D eigenvalue weighted by atomic mass is 10.1. The lowest BCUT2D eigenvalue weighted by Gasteiger charge is -2.02. The number of nitrogens with two attached hydrogens (primary N) is 1. The molecule has 1 aromatic carbocycles. The van der Waals surface area contributed by atoms with Gasteiger partial charge in [0.1, 0.15) is 5.56 Å². The van der Waals surface area contributed by atoms with Gasteiger partial charge in [-0.1, -0.05) is 0 Å². The predicted molar refractivity (Wildman–Crippen MR) is 61.5 cm³/mol. The lowest BCUT2D eigenvalue weighted by molar-refractivity contribution is 0.0699. The van der Waals surface area contributed by atoms with Gasteiger partial charge in [0.05, 0.1) is 5.69 Å². The van der Waals surface area contributed by atoms with Crippen molar-refractivity contribution >= 4 is 11.8 Å². The Balaban J connectivity index is 2.13. The zero-order valence-electron chi connectivity index (χ0n) is 9.14. The average Bonchev–Trinajstić information content (AvgIpc) is 2.93. The van der Waals surface area contributed by atoms with Gasteiger partial charge >= 0.3 is 5.97 Å². The van der Waals surface area contributed by atoms with Gasteiger partial charge in [-0.15, -0.1) is 0 Å². The number of hydrogen-bond donors (Lipinski definition) is 3. The number of nitrogens with one attached hydrogen (secondary N) is 1. The van der Waals surface area contributed by atoms with Crippen LogP contribution in [0.3, 0.4) is 0 Å². The number of hydrogen-bond acceptors (Lipinski definition) is 5. The van der Waals surface area contributed by atoms with Crippen LogP contribution >= 0.6 is 0 Å². The van der Waals surface area contributed by atoms with E-state index in [0.717, 1.165) is 0 Å². The molecule has 7 nitrogen and oxygen atoms in total. The normalized spacial score (nSPS) is 12.7. The van der Waals surface area contributed by atoms with Gasteiger partial charge < -0.3 is 20.3 Å². The molecule has 18 heavy (non-hydrogen) atoms. The van der Waals surface area contributed by atoms with Crippen LogP contribution < -0.4 is 15.2 Å². The van der Waals surface area contributed by atoms with Crippen LogP contribution in [-0.2, 0) is 0 Å². The number of anilines is 1. The van der Waals surface area contributed by atoms with Crippen LogP contribution in [0.2, 0.25) is 0 Å². The molecule has 92 valence electrons. The van der Waals surface area contributed by atoms with Gasteiger partial charge in [-0.3, -0.25) is 5.10 Å². The van der Waals surface area contributed by atoms with E-state index in [0.29, 0.717) is 22.8 Å². The number of fused-ring (bicyclic) bond motifs is 1. The monoisotopic (exact) mass is 247 g/mol. The van der Waals surface area contributed by atoms with E-state index < -0.39 is 5.97 Å². The van der Waals surface area contributed by atoms with Gasteiger partial charge in [0.25, 0.3) is 0 Å². The van der Waals surface area contributed by atoms with E-state index in [1.165, 1.54) is 0 Å². The summed E-state index contributed by atoms with van der Waals surface area (Å²) < 4.78 is 10.4. The Morgan fingerprint density at radius 3 is 2.94 bits per heavy atom. The molecule has 0 fully saturated rings. The number of ether oxygens (including phenoxy) is 2. The van der Waals surface area contributed by atoms with Crippen molar-refractivity contribution in [3.63, 3.8) is 0 Å². The number of H-pyrrole nitrogens is 1. The molecule has 0 aliphatic carbocycles. The molecule has 4 N–H and O–H groups in total. The van der Waals surface area contributed by atoms with E-state index in [2.05, 4.69) is 10.2 Å². The molecular formula is C11H9N3O4. The Labute approximate surface area is 101 Å². The number of carbonyl (C=O) groups is 1. The molecule has 0 amide bonds. The smallest absolute Gasteiger partial charge is 0.341 e. The second-order valence-electron chi connectivity index (χ2n) is 3.73. The number of nitrogen functional groups attached to an aromatic ring is 1.